The minimum Gasteiger partial charge on any atom is -0.372 e. The lowest BCUT2D eigenvalue weighted by Crippen LogP contribution is -2.14. The van der Waals surface area contributed by atoms with Crippen LogP contribution in [0.3, 0.4) is 0 Å². The Morgan fingerprint density at radius 3 is 2.08 bits per heavy atom. The van der Waals surface area contributed by atoms with Gasteiger partial charge in [-0.15, -0.1) is 0 Å². The molecule has 4 nitrogen and oxygen atoms in total. The van der Waals surface area contributed by atoms with E-state index in [1.54, 1.807) is 17.8 Å². The van der Waals surface area contributed by atoms with Crippen LogP contribution in [-0.4, -0.2) is 13.0 Å². The van der Waals surface area contributed by atoms with Gasteiger partial charge in [-0.2, -0.15) is 17.2 Å². The summed E-state index contributed by atoms with van der Waals surface area (Å²) >= 11 is 3.27. The summed E-state index contributed by atoms with van der Waals surface area (Å²) < 4.78 is 97.7. The highest BCUT2D eigenvalue weighted by Crippen LogP contribution is 2.33. The molecule has 2 aromatic carbocycles. The fourth-order valence-electron chi connectivity index (χ4n) is 2.29. The Labute approximate surface area is 152 Å². The number of rotatable bonds is 3. The molecule has 0 aliphatic carbocycles. The van der Waals surface area contributed by atoms with Gasteiger partial charge < -0.3 is 8.75 Å². The summed E-state index contributed by atoms with van der Waals surface area (Å²) in [6, 6.07) is 3.62. The quantitative estimate of drug-likeness (QED) is 0.254. The van der Waals surface area contributed by atoms with Gasteiger partial charge in [0.05, 0.1) is 5.52 Å². The average Bonchev–Trinajstić information content (AvgIpc) is 2.89. The molecule has 3 rings (SSSR count). The fraction of sp³-hybridized carbons (Fsp3) is 0.0667. The topological polar surface area (TPSA) is 48.3 Å². The van der Waals surface area contributed by atoms with Crippen molar-refractivity contribution in [2.24, 2.45) is 7.05 Å². The highest BCUT2D eigenvalue weighted by atomic mass is 79.9. The third kappa shape index (κ3) is 2.84. The summed E-state index contributed by atoms with van der Waals surface area (Å²) in [7, 11) is -3.25. The molecule has 138 valence electrons. The van der Waals surface area contributed by atoms with Gasteiger partial charge in [-0.25, -0.2) is 13.2 Å². The Morgan fingerprint density at radius 1 is 0.962 bits per heavy atom. The van der Waals surface area contributed by atoms with E-state index in [4.69, 9.17) is 0 Å². The Bertz CT molecular complexity index is 1130. The normalized spacial score (nSPS) is 12.0. The zero-order valence-corrected chi connectivity index (χ0v) is 15.1. The lowest BCUT2D eigenvalue weighted by molar-refractivity contribution is 0.346. The van der Waals surface area contributed by atoms with Crippen LogP contribution in [0.15, 0.2) is 33.8 Å². The second kappa shape index (κ2) is 6.23. The van der Waals surface area contributed by atoms with Crippen LogP contribution in [0.25, 0.3) is 10.9 Å². The number of aromatic nitrogens is 1. The molecule has 0 saturated carbocycles. The monoisotopic (exact) mass is 455 g/mol. The van der Waals surface area contributed by atoms with E-state index < -0.39 is 49.8 Å². The standard InChI is InChI=1S/C15H7BrF5NO3S/c1-22-5-8(16)7-3-2-6(4-9(7)22)26(23,24)25-15-13(20)11(18)10(17)12(19)14(15)21/h2-5H,1H3. The van der Waals surface area contributed by atoms with Crippen LogP contribution in [0, 0.1) is 29.1 Å². The Balaban J connectivity index is 2.12. The molecule has 0 aliphatic rings. The van der Waals surface area contributed by atoms with Gasteiger partial charge in [0.15, 0.2) is 0 Å². The first-order chi connectivity index (χ1) is 12.0. The van der Waals surface area contributed by atoms with Crippen molar-refractivity contribution < 1.29 is 34.6 Å². The Hall–Kier alpha value is -2.14. The molecule has 0 amide bonds. The van der Waals surface area contributed by atoms with E-state index in [-0.39, 0.29) is 0 Å². The van der Waals surface area contributed by atoms with E-state index in [9.17, 15) is 30.4 Å². The predicted molar refractivity (Wildman–Crippen MR) is 84.7 cm³/mol. The second-order valence-corrected chi connectivity index (χ2v) is 7.60. The SMILES string of the molecule is Cn1cc(Br)c2ccc(S(=O)(=O)Oc3c(F)c(F)c(F)c(F)c3F)cc21. The molecule has 0 N–H and O–H groups in total. The van der Waals surface area contributed by atoms with Crippen LogP contribution in [0.1, 0.15) is 0 Å². The molecule has 0 saturated heterocycles. The molecule has 0 aliphatic heterocycles. The molecule has 1 aromatic heterocycles. The number of aryl methyl sites for hydroxylation is 1. The van der Waals surface area contributed by atoms with E-state index in [1.807, 2.05) is 0 Å². The van der Waals surface area contributed by atoms with Gasteiger partial charge in [-0.3, -0.25) is 0 Å². The van der Waals surface area contributed by atoms with Crippen LogP contribution in [0.5, 0.6) is 5.75 Å². The molecule has 0 spiro atoms. The molecule has 26 heavy (non-hydrogen) atoms. The first kappa shape index (κ1) is 18.6. The van der Waals surface area contributed by atoms with Crippen molar-refractivity contribution >= 4 is 37.0 Å². The Kier molecular flexibility index (Phi) is 4.47. The Morgan fingerprint density at radius 2 is 1.50 bits per heavy atom. The summed E-state index contributed by atoms with van der Waals surface area (Å²) in [5.41, 5.74) is 0.430. The third-order valence-corrected chi connectivity index (χ3v) is 5.41. The second-order valence-electron chi connectivity index (χ2n) is 5.20. The van der Waals surface area contributed by atoms with Gasteiger partial charge >= 0.3 is 10.1 Å². The van der Waals surface area contributed by atoms with Gasteiger partial charge in [0.25, 0.3) is 0 Å². The zero-order chi connectivity index (χ0) is 19.4. The maximum Gasteiger partial charge on any atom is 0.339 e. The molecule has 0 radical (unpaired) electrons. The van der Waals surface area contributed by atoms with E-state index >= 15 is 0 Å². The third-order valence-electron chi connectivity index (χ3n) is 3.56. The predicted octanol–water partition coefficient (Wildman–Crippen LogP) is 4.40. The summed E-state index contributed by atoms with van der Waals surface area (Å²) in [5, 5.41) is 0.641. The van der Waals surface area contributed by atoms with Crippen LogP contribution < -0.4 is 4.18 Å². The number of nitrogens with zero attached hydrogens (tertiary/aromatic N) is 1. The van der Waals surface area contributed by atoms with Gasteiger partial charge in [0.2, 0.25) is 34.8 Å². The van der Waals surface area contributed by atoms with Crippen molar-refractivity contribution in [1.29, 1.82) is 0 Å². The molecule has 0 unspecified atom stereocenters. The van der Waals surface area contributed by atoms with Crippen LogP contribution in [-0.2, 0) is 17.2 Å². The molecule has 1 heterocycles. The van der Waals surface area contributed by atoms with E-state index in [2.05, 4.69) is 20.1 Å². The van der Waals surface area contributed by atoms with Crippen molar-refractivity contribution in [2.45, 2.75) is 4.90 Å². The minimum absolute atomic E-state index is 0.430. The van der Waals surface area contributed by atoms with E-state index in [0.29, 0.717) is 15.4 Å². The van der Waals surface area contributed by atoms with Gasteiger partial charge in [-0.1, -0.05) is 6.07 Å². The maximum atomic E-state index is 13.6. The first-order valence-corrected chi connectivity index (χ1v) is 8.95. The van der Waals surface area contributed by atoms with Gasteiger partial charge in [-0.05, 0) is 28.1 Å². The highest BCUT2D eigenvalue weighted by molar-refractivity contribution is 9.10. The number of hydrogen-bond donors (Lipinski definition) is 0. The lowest BCUT2D eigenvalue weighted by atomic mass is 10.2. The van der Waals surface area contributed by atoms with Crippen molar-refractivity contribution in [2.75, 3.05) is 0 Å². The summed E-state index contributed by atoms with van der Waals surface area (Å²) in [6.07, 6.45) is 1.64. The van der Waals surface area contributed by atoms with Crippen LogP contribution in [0.4, 0.5) is 22.0 Å². The van der Waals surface area contributed by atoms with Gasteiger partial charge in [0, 0.05) is 23.1 Å². The summed E-state index contributed by atoms with van der Waals surface area (Å²) in [5.74, 6) is -13.7. The van der Waals surface area contributed by atoms with Crippen molar-refractivity contribution in [1.82, 2.24) is 4.57 Å². The number of hydrogen-bond acceptors (Lipinski definition) is 3. The highest BCUT2D eigenvalue weighted by Gasteiger charge is 2.31. The van der Waals surface area contributed by atoms with Gasteiger partial charge in [0.1, 0.15) is 4.90 Å². The lowest BCUT2D eigenvalue weighted by Gasteiger charge is -2.10. The number of fused-ring (bicyclic) bond motifs is 1. The average molecular weight is 456 g/mol. The molecule has 0 bridgehead atoms. The maximum absolute atomic E-state index is 13.6. The van der Waals surface area contributed by atoms with Crippen LogP contribution >= 0.6 is 15.9 Å². The molecular weight excluding hydrogens is 449 g/mol. The first-order valence-electron chi connectivity index (χ1n) is 6.75. The van der Waals surface area contributed by atoms with Crippen molar-refractivity contribution in [3.63, 3.8) is 0 Å². The largest absolute Gasteiger partial charge is 0.372 e. The number of benzene rings is 2. The molecule has 3 aromatic rings. The zero-order valence-electron chi connectivity index (χ0n) is 12.7. The minimum atomic E-state index is -4.87. The van der Waals surface area contributed by atoms with Crippen LogP contribution in [0.2, 0.25) is 0 Å². The van der Waals surface area contributed by atoms with E-state index in [0.717, 1.165) is 12.1 Å². The molecule has 0 atom stereocenters. The summed E-state index contributed by atoms with van der Waals surface area (Å²) in [6.45, 7) is 0. The molecule has 11 heteroatoms. The number of halogens is 6. The summed E-state index contributed by atoms with van der Waals surface area (Å²) in [4.78, 5) is -0.525. The van der Waals surface area contributed by atoms with Crippen molar-refractivity contribution in [3.8, 4) is 5.75 Å². The molecule has 0 fully saturated rings. The fourth-order valence-corrected chi connectivity index (χ4v) is 3.88. The molecular formula is C15H7BrF5NO3S. The van der Waals surface area contributed by atoms with E-state index in [1.165, 1.54) is 6.07 Å². The van der Waals surface area contributed by atoms with Crippen molar-refractivity contribution in [3.05, 3.63) is 58.0 Å². The smallest absolute Gasteiger partial charge is 0.339 e.